The van der Waals surface area contributed by atoms with Gasteiger partial charge in [-0.05, 0) is 39.8 Å². The number of carbonyl (C=O) groups excluding carboxylic acids is 1. The first-order valence-electron chi connectivity index (χ1n) is 7.28. The standard InChI is InChI=1S/C16H23NO4/c1-5-17-15(19)10(2)20-11-6-7-12-13(18)9-16(3,4)21-14(12)8-11/h6-8,10,13,18H,5,9H2,1-4H3,(H,17,19). The molecule has 1 heterocycles. The van der Waals surface area contributed by atoms with Crippen LogP contribution in [0.3, 0.4) is 0 Å². The molecule has 2 rings (SSSR count). The van der Waals surface area contributed by atoms with Gasteiger partial charge in [0.05, 0.1) is 6.10 Å². The molecule has 0 saturated heterocycles. The molecule has 1 aromatic rings. The van der Waals surface area contributed by atoms with Crippen molar-refractivity contribution in [2.45, 2.75) is 51.9 Å². The molecule has 5 nitrogen and oxygen atoms in total. The smallest absolute Gasteiger partial charge is 0.260 e. The van der Waals surface area contributed by atoms with Gasteiger partial charge in [0.15, 0.2) is 6.10 Å². The first kappa shape index (κ1) is 15.6. The highest BCUT2D eigenvalue weighted by Gasteiger charge is 2.33. The zero-order chi connectivity index (χ0) is 15.6. The van der Waals surface area contributed by atoms with E-state index < -0.39 is 17.8 Å². The van der Waals surface area contributed by atoms with Gasteiger partial charge in [0.2, 0.25) is 0 Å². The second-order valence-electron chi connectivity index (χ2n) is 5.94. The largest absolute Gasteiger partial charge is 0.487 e. The first-order chi connectivity index (χ1) is 9.82. The van der Waals surface area contributed by atoms with E-state index in [1.165, 1.54) is 0 Å². The van der Waals surface area contributed by atoms with E-state index in [9.17, 15) is 9.90 Å². The summed E-state index contributed by atoms with van der Waals surface area (Å²) in [6, 6.07) is 5.27. The van der Waals surface area contributed by atoms with Crippen LogP contribution in [0.2, 0.25) is 0 Å². The van der Waals surface area contributed by atoms with E-state index in [2.05, 4.69) is 5.32 Å². The molecule has 5 heteroatoms. The van der Waals surface area contributed by atoms with Crippen LogP contribution < -0.4 is 14.8 Å². The molecule has 1 aliphatic rings. The van der Waals surface area contributed by atoms with Crippen molar-refractivity contribution >= 4 is 5.91 Å². The third-order valence-corrected chi connectivity index (χ3v) is 3.45. The van der Waals surface area contributed by atoms with Gasteiger partial charge in [-0.15, -0.1) is 0 Å². The summed E-state index contributed by atoms with van der Waals surface area (Å²) in [5.74, 6) is 1.01. The molecule has 0 spiro atoms. The number of amides is 1. The van der Waals surface area contributed by atoms with Gasteiger partial charge >= 0.3 is 0 Å². The Kier molecular flexibility index (Phi) is 4.42. The molecule has 0 radical (unpaired) electrons. The quantitative estimate of drug-likeness (QED) is 0.893. The van der Waals surface area contributed by atoms with Crippen LogP contribution in [-0.4, -0.2) is 29.3 Å². The maximum absolute atomic E-state index is 11.7. The topological polar surface area (TPSA) is 67.8 Å². The second-order valence-corrected chi connectivity index (χ2v) is 5.94. The average molecular weight is 293 g/mol. The molecule has 21 heavy (non-hydrogen) atoms. The molecule has 0 bridgehead atoms. The molecule has 0 fully saturated rings. The van der Waals surface area contributed by atoms with E-state index in [4.69, 9.17) is 9.47 Å². The molecule has 1 amide bonds. The molecule has 0 aromatic heterocycles. The lowest BCUT2D eigenvalue weighted by atomic mass is 9.92. The number of carbonyl (C=O) groups is 1. The van der Waals surface area contributed by atoms with Gasteiger partial charge in [-0.25, -0.2) is 0 Å². The maximum Gasteiger partial charge on any atom is 0.260 e. The Labute approximate surface area is 125 Å². The Morgan fingerprint density at radius 3 is 2.95 bits per heavy atom. The molecule has 2 N–H and O–H groups in total. The summed E-state index contributed by atoms with van der Waals surface area (Å²) < 4.78 is 11.5. The first-order valence-corrected chi connectivity index (χ1v) is 7.28. The zero-order valence-corrected chi connectivity index (χ0v) is 13.0. The van der Waals surface area contributed by atoms with Crippen LogP contribution in [0.25, 0.3) is 0 Å². The predicted molar refractivity (Wildman–Crippen MR) is 79.5 cm³/mol. The van der Waals surface area contributed by atoms with Gasteiger partial charge in [0.25, 0.3) is 5.91 Å². The summed E-state index contributed by atoms with van der Waals surface area (Å²) >= 11 is 0. The fourth-order valence-corrected chi connectivity index (χ4v) is 2.44. The summed E-state index contributed by atoms with van der Waals surface area (Å²) in [5, 5.41) is 12.9. The predicted octanol–water partition coefficient (Wildman–Crippen LogP) is 2.18. The van der Waals surface area contributed by atoms with E-state index in [1.54, 1.807) is 25.1 Å². The number of benzene rings is 1. The number of rotatable bonds is 4. The lowest BCUT2D eigenvalue weighted by molar-refractivity contribution is -0.127. The summed E-state index contributed by atoms with van der Waals surface area (Å²) in [6.45, 7) is 8.00. The van der Waals surface area contributed by atoms with E-state index >= 15 is 0 Å². The fourth-order valence-electron chi connectivity index (χ4n) is 2.44. The number of nitrogens with one attached hydrogen (secondary N) is 1. The Morgan fingerprint density at radius 1 is 1.57 bits per heavy atom. The molecule has 1 aliphatic heterocycles. The number of hydrogen-bond acceptors (Lipinski definition) is 4. The van der Waals surface area contributed by atoms with Crippen LogP contribution in [0.15, 0.2) is 18.2 Å². The summed E-state index contributed by atoms with van der Waals surface area (Å²) in [4.78, 5) is 11.7. The Hall–Kier alpha value is -1.75. The van der Waals surface area contributed by atoms with Crippen molar-refractivity contribution in [1.82, 2.24) is 5.32 Å². The number of fused-ring (bicyclic) bond motifs is 1. The van der Waals surface area contributed by atoms with Crippen molar-refractivity contribution in [2.75, 3.05) is 6.54 Å². The van der Waals surface area contributed by atoms with Gasteiger partial charge in [-0.2, -0.15) is 0 Å². The second kappa shape index (κ2) is 5.93. The van der Waals surface area contributed by atoms with E-state index in [0.29, 0.717) is 24.5 Å². The van der Waals surface area contributed by atoms with Crippen LogP contribution in [0, 0.1) is 0 Å². The minimum Gasteiger partial charge on any atom is -0.487 e. The summed E-state index contributed by atoms with van der Waals surface area (Å²) in [7, 11) is 0. The third kappa shape index (κ3) is 3.67. The minimum atomic E-state index is -0.579. The van der Waals surface area contributed by atoms with Crippen LogP contribution in [0.1, 0.15) is 45.8 Å². The molecular formula is C16H23NO4. The SMILES string of the molecule is CCNC(=O)C(C)Oc1ccc2c(c1)OC(C)(C)CC2O. The molecule has 116 valence electrons. The third-order valence-electron chi connectivity index (χ3n) is 3.45. The highest BCUT2D eigenvalue weighted by molar-refractivity contribution is 5.80. The van der Waals surface area contributed by atoms with Gasteiger partial charge in [-0.3, -0.25) is 4.79 Å². The average Bonchev–Trinajstić information content (AvgIpc) is 2.37. The van der Waals surface area contributed by atoms with Crippen LogP contribution >= 0.6 is 0 Å². The van der Waals surface area contributed by atoms with Gasteiger partial charge < -0.3 is 19.9 Å². The minimum absolute atomic E-state index is 0.156. The van der Waals surface area contributed by atoms with E-state index in [1.807, 2.05) is 20.8 Å². The lowest BCUT2D eigenvalue weighted by Crippen LogP contribution is -2.36. The Bertz CT molecular complexity index is 527. The van der Waals surface area contributed by atoms with Gasteiger partial charge in [0.1, 0.15) is 17.1 Å². The van der Waals surface area contributed by atoms with Crippen molar-refractivity contribution in [2.24, 2.45) is 0 Å². The molecule has 0 aliphatic carbocycles. The van der Waals surface area contributed by atoms with Crippen molar-refractivity contribution in [3.05, 3.63) is 23.8 Å². The highest BCUT2D eigenvalue weighted by atomic mass is 16.5. The van der Waals surface area contributed by atoms with Crippen molar-refractivity contribution in [3.63, 3.8) is 0 Å². The van der Waals surface area contributed by atoms with Crippen molar-refractivity contribution in [1.29, 1.82) is 0 Å². The molecule has 2 unspecified atom stereocenters. The van der Waals surface area contributed by atoms with Crippen LogP contribution in [0.5, 0.6) is 11.5 Å². The molecular weight excluding hydrogens is 270 g/mol. The van der Waals surface area contributed by atoms with Crippen LogP contribution in [-0.2, 0) is 4.79 Å². The lowest BCUT2D eigenvalue weighted by Gasteiger charge is -2.35. The zero-order valence-electron chi connectivity index (χ0n) is 13.0. The number of ether oxygens (including phenoxy) is 2. The van der Waals surface area contributed by atoms with Crippen LogP contribution in [0.4, 0.5) is 0 Å². The normalized spacial score (nSPS) is 20.9. The van der Waals surface area contributed by atoms with E-state index in [-0.39, 0.29) is 5.91 Å². The number of aliphatic hydroxyl groups is 1. The fraction of sp³-hybridized carbons (Fsp3) is 0.562. The molecule has 2 atom stereocenters. The van der Waals surface area contributed by atoms with Crippen molar-refractivity contribution < 1.29 is 19.4 Å². The maximum atomic E-state index is 11.7. The number of likely N-dealkylation sites (N-methyl/N-ethyl adjacent to an activating group) is 1. The Balaban J connectivity index is 2.16. The highest BCUT2D eigenvalue weighted by Crippen LogP contribution is 2.41. The van der Waals surface area contributed by atoms with E-state index in [0.717, 1.165) is 5.56 Å². The van der Waals surface area contributed by atoms with Gasteiger partial charge in [0, 0.05) is 24.6 Å². The summed E-state index contributed by atoms with van der Waals surface area (Å²) in [5.41, 5.74) is 0.336. The number of aliphatic hydroxyl groups excluding tert-OH is 1. The molecule has 0 saturated carbocycles. The number of hydrogen-bond donors (Lipinski definition) is 2. The molecule has 1 aromatic carbocycles. The summed E-state index contributed by atoms with van der Waals surface area (Å²) in [6.07, 6.45) is -0.571. The van der Waals surface area contributed by atoms with Crippen molar-refractivity contribution in [3.8, 4) is 11.5 Å². The monoisotopic (exact) mass is 293 g/mol. The van der Waals surface area contributed by atoms with Gasteiger partial charge in [-0.1, -0.05) is 0 Å². The Morgan fingerprint density at radius 2 is 2.29 bits per heavy atom.